The topological polar surface area (TPSA) is 39.1 Å². The molecule has 0 atom stereocenters. The molecule has 1 aliphatic heterocycles. The van der Waals surface area contributed by atoms with Gasteiger partial charge in [0.1, 0.15) is 22.0 Å². The van der Waals surface area contributed by atoms with Gasteiger partial charge in [-0.3, -0.25) is 0 Å². The summed E-state index contributed by atoms with van der Waals surface area (Å²) < 4.78 is 8.35. The molecule has 0 saturated carbocycles. The fourth-order valence-electron chi connectivity index (χ4n) is 2.38. The largest absolute Gasteiger partial charge is 0.497 e. The van der Waals surface area contributed by atoms with Crippen LogP contribution in [-0.4, -0.2) is 23.2 Å². The smallest absolute Gasteiger partial charge is 0.148 e. The summed E-state index contributed by atoms with van der Waals surface area (Å²) in [6.45, 7) is 2.05. The first-order valence-electron chi connectivity index (χ1n) is 6.39. The van der Waals surface area contributed by atoms with Gasteiger partial charge in [-0.1, -0.05) is 12.1 Å². The van der Waals surface area contributed by atoms with Gasteiger partial charge in [-0.05, 0) is 40.0 Å². The maximum atomic E-state index is 5.18. The monoisotopic (exact) mass is 321 g/mol. The summed E-state index contributed by atoms with van der Waals surface area (Å²) in [7, 11) is 1.68. The lowest BCUT2D eigenvalue weighted by atomic mass is 10.1. The number of benzene rings is 1. The molecule has 2 aromatic rings. The quantitative estimate of drug-likeness (QED) is 0.944. The van der Waals surface area contributed by atoms with Crippen LogP contribution in [0.3, 0.4) is 0 Å². The molecule has 4 nitrogen and oxygen atoms in total. The third kappa shape index (κ3) is 2.47. The molecule has 1 aliphatic rings. The van der Waals surface area contributed by atoms with E-state index in [1.54, 1.807) is 7.11 Å². The minimum absolute atomic E-state index is 0.838. The number of nitrogens with one attached hydrogen (secondary N) is 1. The van der Waals surface area contributed by atoms with Crippen LogP contribution in [0.15, 0.2) is 28.9 Å². The van der Waals surface area contributed by atoms with Crippen molar-refractivity contribution < 1.29 is 4.74 Å². The fraction of sp³-hybridized carbons (Fsp3) is 0.357. The van der Waals surface area contributed by atoms with Gasteiger partial charge in [-0.15, -0.1) is 0 Å². The van der Waals surface area contributed by atoms with Gasteiger partial charge in [-0.25, -0.2) is 4.98 Å². The van der Waals surface area contributed by atoms with Crippen LogP contribution in [0.4, 0.5) is 5.82 Å². The van der Waals surface area contributed by atoms with Gasteiger partial charge in [0.2, 0.25) is 0 Å². The number of methoxy groups -OCH3 is 1. The van der Waals surface area contributed by atoms with Gasteiger partial charge in [-0.2, -0.15) is 0 Å². The second-order valence-electron chi connectivity index (χ2n) is 4.62. The highest BCUT2D eigenvalue weighted by molar-refractivity contribution is 9.10. The van der Waals surface area contributed by atoms with E-state index in [-0.39, 0.29) is 0 Å². The number of ether oxygens (including phenoxy) is 1. The van der Waals surface area contributed by atoms with Crippen LogP contribution >= 0.6 is 15.9 Å². The lowest BCUT2D eigenvalue weighted by Crippen LogP contribution is -2.18. The molecule has 0 bridgehead atoms. The summed E-state index contributed by atoms with van der Waals surface area (Å²) in [5.41, 5.74) is 1.24. The Hall–Kier alpha value is -1.49. The second-order valence-corrected chi connectivity index (χ2v) is 5.38. The molecule has 5 heteroatoms. The maximum Gasteiger partial charge on any atom is 0.148 e. The molecule has 0 saturated heterocycles. The molecular weight excluding hydrogens is 306 g/mol. The Balaban J connectivity index is 1.86. The lowest BCUT2D eigenvalue weighted by Gasteiger charge is -2.18. The van der Waals surface area contributed by atoms with E-state index in [1.165, 1.54) is 5.56 Å². The van der Waals surface area contributed by atoms with Crippen molar-refractivity contribution in [3.8, 4) is 5.75 Å². The number of aromatic nitrogens is 2. The predicted octanol–water partition coefficient (Wildman–Crippen LogP) is 3.06. The van der Waals surface area contributed by atoms with Gasteiger partial charge < -0.3 is 14.6 Å². The molecule has 0 radical (unpaired) electrons. The summed E-state index contributed by atoms with van der Waals surface area (Å²) >= 11 is 3.52. The molecule has 3 rings (SSSR count). The third-order valence-electron chi connectivity index (χ3n) is 3.38. The predicted molar refractivity (Wildman–Crippen MR) is 78.8 cm³/mol. The van der Waals surface area contributed by atoms with Crippen molar-refractivity contribution in [2.24, 2.45) is 0 Å². The second kappa shape index (κ2) is 5.25. The summed E-state index contributed by atoms with van der Waals surface area (Å²) in [4.78, 5) is 4.62. The van der Waals surface area contributed by atoms with E-state index in [2.05, 4.69) is 42.9 Å². The van der Waals surface area contributed by atoms with Crippen molar-refractivity contribution in [2.45, 2.75) is 19.4 Å². The van der Waals surface area contributed by atoms with Gasteiger partial charge >= 0.3 is 0 Å². The number of hydrogen-bond acceptors (Lipinski definition) is 3. The molecule has 0 spiro atoms. The lowest BCUT2D eigenvalue weighted by molar-refractivity contribution is 0.414. The van der Waals surface area contributed by atoms with Gasteiger partial charge in [0.25, 0.3) is 0 Å². The highest BCUT2D eigenvalue weighted by Crippen LogP contribution is 2.27. The Kier molecular flexibility index (Phi) is 3.46. The first kappa shape index (κ1) is 12.5. The Bertz CT molecular complexity index is 577. The van der Waals surface area contributed by atoms with Crippen molar-refractivity contribution in [1.29, 1.82) is 0 Å². The van der Waals surface area contributed by atoms with Crippen LogP contribution in [0.1, 0.15) is 17.8 Å². The van der Waals surface area contributed by atoms with Gasteiger partial charge in [0, 0.05) is 19.5 Å². The number of halogens is 1. The van der Waals surface area contributed by atoms with E-state index in [4.69, 9.17) is 4.74 Å². The number of nitrogens with zero attached hydrogens (tertiary/aromatic N) is 2. The molecular formula is C14H16BrN3O. The van der Waals surface area contributed by atoms with Crippen molar-refractivity contribution in [3.63, 3.8) is 0 Å². The Morgan fingerprint density at radius 1 is 1.37 bits per heavy atom. The van der Waals surface area contributed by atoms with E-state index < -0.39 is 0 Å². The average Bonchev–Trinajstić information content (AvgIpc) is 2.77. The Morgan fingerprint density at radius 3 is 2.89 bits per heavy atom. The molecule has 0 amide bonds. The first-order valence-corrected chi connectivity index (χ1v) is 7.19. The van der Waals surface area contributed by atoms with E-state index in [0.29, 0.717) is 0 Å². The summed E-state index contributed by atoms with van der Waals surface area (Å²) in [6.07, 6.45) is 1.98. The number of hydrogen-bond donors (Lipinski definition) is 1. The zero-order chi connectivity index (χ0) is 13.2. The first-order chi connectivity index (χ1) is 9.28. The van der Waals surface area contributed by atoms with E-state index in [0.717, 1.165) is 47.9 Å². The zero-order valence-electron chi connectivity index (χ0n) is 10.8. The highest BCUT2D eigenvalue weighted by atomic mass is 79.9. The van der Waals surface area contributed by atoms with Crippen molar-refractivity contribution >= 4 is 21.7 Å². The molecule has 0 unspecified atom stereocenters. The summed E-state index contributed by atoms with van der Waals surface area (Å²) in [6, 6.07) is 8.15. The van der Waals surface area contributed by atoms with Crippen LogP contribution in [0.5, 0.6) is 5.75 Å². The van der Waals surface area contributed by atoms with Crippen LogP contribution in [0, 0.1) is 0 Å². The fourth-order valence-corrected chi connectivity index (χ4v) is 2.94. The molecule has 0 aliphatic carbocycles. The molecule has 1 N–H and O–H groups in total. The number of rotatable bonds is 3. The number of anilines is 1. The van der Waals surface area contributed by atoms with Crippen LogP contribution in [-0.2, 0) is 13.0 Å². The summed E-state index contributed by atoms with van der Waals surface area (Å²) in [5, 5.41) is 3.39. The van der Waals surface area contributed by atoms with Crippen molar-refractivity contribution in [1.82, 2.24) is 9.55 Å². The average molecular weight is 322 g/mol. The molecule has 0 fully saturated rings. The normalized spacial score (nSPS) is 13.8. The number of fused-ring (bicyclic) bond motifs is 1. The maximum absolute atomic E-state index is 5.18. The third-order valence-corrected chi connectivity index (χ3v) is 3.93. The molecule has 19 heavy (non-hydrogen) atoms. The van der Waals surface area contributed by atoms with Crippen molar-refractivity contribution in [2.75, 3.05) is 19.0 Å². The molecule has 2 heterocycles. The zero-order valence-corrected chi connectivity index (χ0v) is 12.4. The van der Waals surface area contributed by atoms with Crippen LogP contribution in [0.25, 0.3) is 0 Å². The van der Waals surface area contributed by atoms with Gasteiger partial charge in [0.05, 0.1) is 7.11 Å². The highest BCUT2D eigenvalue weighted by Gasteiger charge is 2.18. The van der Waals surface area contributed by atoms with E-state index >= 15 is 0 Å². The standard InChI is InChI=1S/C14H16BrN3O/c1-19-11-5-3-10(4-6-11)9-12-17-13(15)14-16-7-2-8-18(12)14/h3-6,16H,2,7-9H2,1H3. The Morgan fingerprint density at radius 2 is 2.16 bits per heavy atom. The van der Waals surface area contributed by atoms with E-state index in [1.807, 2.05) is 12.1 Å². The minimum Gasteiger partial charge on any atom is -0.497 e. The molecule has 1 aromatic carbocycles. The van der Waals surface area contributed by atoms with Crippen LogP contribution in [0.2, 0.25) is 0 Å². The molecule has 100 valence electrons. The Labute approximate surface area is 120 Å². The van der Waals surface area contributed by atoms with E-state index in [9.17, 15) is 0 Å². The molecule has 1 aromatic heterocycles. The number of imidazole rings is 1. The SMILES string of the molecule is COc1ccc(Cc2nc(Br)c3n2CCCN3)cc1. The summed E-state index contributed by atoms with van der Waals surface area (Å²) in [5.74, 6) is 3.09. The van der Waals surface area contributed by atoms with Gasteiger partial charge in [0.15, 0.2) is 0 Å². The van der Waals surface area contributed by atoms with Crippen molar-refractivity contribution in [3.05, 3.63) is 40.3 Å². The van der Waals surface area contributed by atoms with Crippen LogP contribution < -0.4 is 10.1 Å². The minimum atomic E-state index is 0.838.